The molecule has 0 unspecified atom stereocenters. The van der Waals surface area contributed by atoms with Crippen LogP contribution in [0, 0.1) is 13.8 Å². The number of hydrogen-bond donors (Lipinski definition) is 2. The molecule has 0 saturated carbocycles. The van der Waals surface area contributed by atoms with Crippen LogP contribution in [0.2, 0.25) is 0 Å². The highest BCUT2D eigenvalue weighted by Gasteiger charge is 2.31. The number of aromatic nitrogens is 2. The van der Waals surface area contributed by atoms with Gasteiger partial charge in [0, 0.05) is 24.5 Å². The molecule has 8 nitrogen and oxygen atoms in total. The Bertz CT molecular complexity index is 1280. The van der Waals surface area contributed by atoms with E-state index in [4.69, 9.17) is 0 Å². The Kier molecular flexibility index (Phi) is 5.86. The van der Waals surface area contributed by atoms with Gasteiger partial charge in [-0.25, -0.2) is 9.48 Å². The number of urea groups is 1. The van der Waals surface area contributed by atoms with Gasteiger partial charge in [-0.05, 0) is 56.3 Å². The lowest BCUT2D eigenvalue weighted by molar-refractivity contribution is -0.137. The monoisotopic (exact) mass is 471 g/mol. The molecule has 1 fully saturated rings. The van der Waals surface area contributed by atoms with Crippen LogP contribution in [-0.4, -0.2) is 40.6 Å². The number of alkyl halides is 3. The number of halogens is 3. The van der Waals surface area contributed by atoms with E-state index < -0.39 is 23.4 Å². The maximum Gasteiger partial charge on any atom is 0.416 e. The second kappa shape index (κ2) is 8.65. The van der Waals surface area contributed by atoms with Gasteiger partial charge in [-0.2, -0.15) is 18.3 Å². The number of hydrogen-bond acceptors (Lipinski definition) is 4. The molecule has 1 aliphatic heterocycles. The van der Waals surface area contributed by atoms with Crippen molar-refractivity contribution in [3.63, 3.8) is 0 Å². The Morgan fingerprint density at radius 2 is 1.76 bits per heavy atom. The van der Waals surface area contributed by atoms with Gasteiger partial charge in [0.15, 0.2) is 0 Å². The van der Waals surface area contributed by atoms with Crippen molar-refractivity contribution in [1.29, 1.82) is 0 Å². The number of nitrogens with zero attached hydrogens (tertiary/aromatic N) is 3. The lowest BCUT2D eigenvalue weighted by Crippen LogP contribution is -2.27. The molecular weight excluding hydrogens is 451 g/mol. The van der Waals surface area contributed by atoms with Crippen LogP contribution < -0.4 is 15.5 Å². The van der Waals surface area contributed by atoms with Crippen LogP contribution in [0.25, 0.3) is 5.69 Å². The number of carbonyl (C=O) groups excluding carboxylic acids is 3. The summed E-state index contributed by atoms with van der Waals surface area (Å²) in [5.74, 6) is -1.78. The van der Waals surface area contributed by atoms with E-state index in [1.807, 2.05) is 0 Å². The van der Waals surface area contributed by atoms with Crippen molar-refractivity contribution in [2.45, 2.75) is 20.0 Å². The highest BCUT2D eigenvalue weighted by Crippen LogP contribution is 2.31. The third-order valence-electron chi connectivity index (χ3n) is 5.44. The molecule has 0 aliphatic carbocycles. The van der Waals surface area contributed by atoms with E-state index in [9.17, 15) is 27.6 Å². The minimum absolute atomic E-state index is 0.0141. The maximum absolute atomic E-state index is 13.1. The molecule has 1 aliphatic rings. The minimum atomic E-state index is -4.53. The fraction of sp³-hybridized carbons (Fsp3) is 0.217. The zero-order valence-electron chi connectivity index (χ0n) is 18.2. The van der Waals surface area contributed by atoms with Crippen molar-refractivity contribution >= 4 is 29.1 Å². The number of carbonyl (C=O) groups is 3. The molecule has 0 spiro atoms. The van der Waals surface area contributed by atoms with Gasteiger partial charge in [-0.15, -0.1) is 0 Å². The van der Waals surface area contributed by atoms with E-state index in [-0.39, 0.29) is 28.7 Å². The first-order valence-corrected chi connectivity index (χ1v) is 10.3. The summed E-state index contributed by atoms with van der Waals surface area (Å²) in [6.07, 6.45) is -4.53. The van der Waals surface area contributed by atoms with Crippen LogP contribution in [0.3, 0.4) is 0 Å². The Balaban J connectivity index is 1.54. The largest absolute Gasteiger partial charge is 0.416 e. The fourth-order valence-electron chi connectivity index (χ4n) is 3.78. The number of amides is 3. The number of anilines is 2. The van der Waals surface area contributed by atoms with Crippen LogP contribution >= 0.6 is 0 Å². The van der Waals surface area contributed by atoms with Crippen molar-refractivity contribution in [1.82, 2.24) is 15.1 Å². The van der Waals surface area contributed by atoms with E-state index >= 15 is 0 Å². The summed E-state index contributed by atoms with van der Waals surface area (Å²) in [5, 5.41) is 9.38. The van der Waals surface area contributed by atoms with E-state index in [0.717, 1.165) is 12.1 Å². The standard InChI is InChI=1S/C23H20F3N5O3/c1-13-19(14(2)31(29-13)18-5-3-4-15(12-18)23(24,25)26)20(32)21(33)28-16-6-8-17(9-7-16)30-11-10-27-22(30)34/h3-9,12H,10-11H2,1-2H3,(H,27,34)(H,28,33). The summed E-state index contributed by atoms with van der Waals surface area (Å²) in [6, 6.07) is 10.8. The van der Waals surface area contributed by atoms with Crippen molar-refractivity contribution in [3.8, 4) is 5.69 Å². The summed E-state index contributed by atoms with van der Waals surface area (Å²) >= 11 is 0. The zero-order valence-corrected chi connectivity index (χ0v) is 18.2. The molecule has 2 N–H and O–H groups in total. The Morgan fingerprint density at radius 3 is 2.38 bits per heavy atom. The van der Waals surface area contributed by atoms with Gasteiger partial charge >= 0.3 is 12.2 Å². The number of ketones is 1. The lowest BCUT2D eigenvalue weighted by atomic mass is 10.1. The molecule has 0 radical (unpaired) electrons. The van der Waals surface area contributed by atoms with Gasteiger partial charge in [-0.1, -0.05) is 6.07 Å². The zero-order chi connectivity index (χ0) is 24.6. The van der Waals surface area contributed by atoms with Crippen LogP contribution in [0.4, 0.5) is 29.3 Å². The van der Waals surface area contributed by atoms with Crippen molar-refractivity contribution in [2.24, 2.45) is 0 Å². The first-order chi connectivity index (χ1) is 16.1. The molecule has 3 aromatic rings. The maximum atomic E-state index is 13.1. The smallest absolute Gasteiger partial charge is 0.336 e. The van der Waals surface area contributed by atoms with E-state index in [1.165, 1.54) is 30.7 Å². The van der Waals surface area contributed by atoms with Gasteiger partial charge in [0.2, 0.25) is 0 Å². The second-order valence-electron chi connectivity index (χ2n) is 7.72. The number of rotatable bonds is 5. The molecule has 11 heteroatoms. The van der Waals surface area contributed by atoms with Crippen molar-refractivity contribution < 1.29 is 27.6 Å². The normalized spacial score (nSPS) is 13.7. The molecule has 0 bridgehead atoms. The minimum Gasteiger partial charge on any atom is -0.336 e. The summed E-state index contributed by atoms with van der Waals surface area (Å²) < 4.78 is 40.5. The van der Waals surface area contributed by atoms with E-state index in [0.29, 0.717) is 24.5 Å². The molecule has 1 aromatic heterocycles. The van der Waals surface area contributed by atoms with E-state index in [2.05, 4.69) is 15.7 Å². The average molecular weight is 471 g/mol. The van der Waals surface area contributed by atoms with Crippen LogP contribution in [0.15, 0.2) is 48.5 Å². The molecule has 3 amide bonds. The quantitative estimate of drug-likeness (QED) is 0.436. The fourth-order valence-corrected chi connectivity index (χ4v) is 3.78. The summed E-state index contributed by atoms with van der Waals surface area (Å²) in [6.45, 7) is 4.08. The van der Waals surface area contributed by atoms with Gasteiger partial charge in [0.1, 0.15) is 0 Å². The Hall–Kier alpha value is -4.15. The van der Waals surface area contributed by atoms with Gasteiger partial charge in [0.05, 0.1) is 28.2 Å². The lowest BCUT2D eigenvalue weighted by Gasteiger charge is -2.14. The molecule has 1 saturated heterocycles. The Morgan fingerprint density at radius 1 is 1.06 bits per heavy atom. The SMILES string of the molecule is Cc1nn(-c2cccc(C(F)(F)F)c2)c(C)c1C(=O)C(=O)Nc1ccc(N2CCNC2=O)cc1. The predicted octanol–water partition coefficient (Wildman–Crippen LogP) is 3.86. The van der Waals surface area contributed by atoms with Gasteiger partial charge in [-0.3, -0.25) is 14.5 Å². The summed E-state index contributed by atoms with van der Waals surface area (Å²) in [5.41, 5.74) is 0.739. The summed E-state index contributed by atoms with van der Waals surface area (Å²) in [7, 11) is 0. The first-order valence-electron chi connectivity index (χ1n) is 10.3. The molecule has 2 heterocycles. The first kappa shape index (κ1) is 23.0. The number of nitrogens with one attached hydrogen (secondary N) is 2. The topological polar surface area (TPSA) is 96.3 Å². The van der Waals surface area contributed by atoms with Crippen molar-refractivity contribution in [2.75, 3.05) is 23.3 Å². The number of aryl methyl sites for hydroxylation is 1. The highest BCUT2D eigenvalue weighted by atomic mass is 19.4. The molecular formula is C23H20F3N5O3. The predicted molar refractivity (Wildman–Crippen MR) is 118 cm³/mol. The molecule has 4 rings (SSSR count). The van der Waals surface area contributed by atoms with E-state index in [1.54, 1.807) is 29.2 Å². The average Bonchev–Trinajstić information content (AvgIpc) is 3.35. The summed E-state index contributed by atoms with van der Waals surface area (Å²) in [4.78, 5) is 38.8. The molecule has 176 valence electrons. The van der Waals surface area contributed by atoms with Crippen LogP contribution in [0.1, 0.15) is 27.3 Å². The molecule has 2 aromatic carbocycles. The molecule has 0 atom stereocenters. The number of benzene rings is 2. The molecule has 34 heavy (non-hydrogen) atoms. The third kappa shape index (κ3) is 4.36. The Labute approximate surface area is 192 Å². The third-order valence-corrected chi connectivity index (χ3v) is 5.44. The number of Topliss-reactive ketones (excluding diaryl/α,β-unsaturated/α-hetero) is 1. The van der Waals surface area contributed by atoms with Gasteiger partial charge in [0.25, 0.3) is 11.7 Å². The van der Waals surface area contributed by atoms with Crippen LogP contribution in [0.5, 0.6) is 0 Å². The second-order valence-corrected chi connectivity index (χ2v) is 7.72. The van der Waals surface area contributed by atoms with Gasteiger partial charge < -0.3 is 10.6 Å². The van der Waals surface area contributed by atoms with Crippen LogP contribution in [-0.2, 0) is 11.0 Å². The van der Waals surface area contributed by atoms with Crippen molar-refractivity contribution in [3.05, 3.63) is 71.0 Å². The highest BCUT2D eigenvalue weighted by molar-refractivity contribution is 6.47.